The van der Waals surface area contributed by atoms with Crippen LogP contribution in [0.4, 0.5) is 0 Å². The molecule has 0 radical (unpaired) electrons. The lowest BCUT2D eigenvalue weighted by Gasteiger charge is -2.17. The van der Waals surface area contributed by atoms with Crippen molar-refractivity contribution in [2.24, 2.45) is 11.7 Å². The van der Waals surface area contributed by atoms with Gasteiger partial charge in [0.25, 0.3) is 0 Å². The molecule has 0 amide bonds. The van der Waals surface area contributed by atoms with Crippen molar-refractivity contribution in [1.82, 2.24) is 14.5 Å². The van der Waals surface area contributed by atoms with Crippen molar-refractivity contribution < 1.29 is 0 Å². The number of hydrogen-bond donors (Lipinski definition) is 1. The monoisotopic (exact) mass is 236 g/mol. The van der Waals surface area contributed by atoms with E-state index >= 15 is 0 Å². The Morgan fingerprint density at radius 2 is 2.31 bits per heavy atom. The van der Waals surface area contributed by atoms with E-state index in [1.54, 1.807) is 11.3 Å². The quantitative estimate of drug-likeness (QED) is 0.883. The fraction of sp³-hybridized carbons (Fsp3) is 0.455. The number of nitrogens with two attached hydrogens (primary N) is 1. The summed E-state index contributed by atoms with van der Waals surface area (Å²) >= 11 is 1.61. The van der Waals surface area contributed by atoms with Gasteiger partial charge < -0.3 is 10.3 Å². The Labute approximate surface area is 99.2 Å². The topological polar surface area (TPSA) is 56.7 Å². The zero-order chi connectivity index (χ0) is 11.5. The number of thiazole rings is 1. The standard InChI is InChI=1S/C11H16N4S/c1-8(2)11(12)10-3-13-6-15(10)4-9-5-16-7-14-9/h3,5-8,11H,4,12H2,1-2H3. The average Bonchev–Trinajstić information content (AvgIpc) is 2.88. The highest BCUT2D eigenvalue weighted by molar-refractivity contribution is 7.07. The maximum absolute atomic E-state index is 6.13. The lowest BCUT2D eigenvalue weighted by atomic mass is 10.0. The molecule has 0 saturated carbocycles. The zero-order valence-corrected chi connectivity index (χ0v) is 10.3. The first-order chi connectivity index (χ1) is 7.68. The van der Waals surface area contributed by atoms with Gasteiger partial charge in [-0.2, -0.15) is 0 Å². The molecule has 5 heteroatoms. The highest BCUT2D eigenvalue weighted by Crippen LogP contribution is 2.19. The Hall–Kier alpha value is -1.20. The molecule has 2 N–H and O–H groups in total. The number of rotatable bonds is 4. The Kier molecular flexibility index (Phi) is 3.36. The Morgan fingerprint density at radius 3 is 2.94 bits per heavy atom. The van der Waals surface area contributed by atoms with Gasteiger partial charge in [-0.3, -0.25) is 0 Å². The van der Waals surface area contributed by atoms with Gasteiger partial charge >= 0.3 is 0 Å². The van der Waals surface area contributed by atoms with Gasteiger partial charge in [0, 0.05) is 17.6 Å². The first-order valence-electron chi connectivity index (χ1n) is 5.31. The van der Waals surface area contributed by atoms with E-state index in [2.05, 4.69) is 28.4 Å². The van der Waals surface area contributed by atoms with E-state index in [0.717, 1.165) is 17.9 Å². The highest BCUT2D eigenvalue weighted by Gasteiger charge is 2.15. The van der Waals surface area contributed by atoms with Gasteiger partial charge in [0.2, 0.25) is 0 Å². The number of aromatic nitrogens is 3. The summed E-state index contributed by atoms with van der Waals surface area (Å²) in [5, 5.41) is 2.05. The van der Waals surface area contributed by atoms with Crippen LogP contribution in [0, 0.1) is 5.92 Å². The summed E-state index contributed by atoms with van der Waals surface area (Å²) in [6.07, 6.45) is 3.66. The van der Waals surface area contributed by atoms with E-state index in [-0.39, 0.29) is 6.04 Å². The Morgan fingerprint density at radius 1 is 1.50 bits per heavy atom. The van der Waals surface area contributed by atoms with Crippen molar-refractivity contribution in [2.75, 3.05) is 0 Å². The Balaban J connectivity index is 2.19. The maximum Gasteiger partial charge on any atom is 0.0952 e. The lowest BCUT2D eigenvalue weighted by molar-refractivity contribution is 0.484. The first-order valence-corrected chi connectivity index (χ1v) is 6.25. The van der Waals surface area contributed by atoms with Crippen molar-refractivity contribution >= 4 is 11.3 Å². The summed E-state index contributed by atoms with van der Waals surface area (Å²) in [5.74, 6) is 0.408. The summed E-state index contributed by atoms with van der Waals surface area (Å²) in [5.41, 5.74) is 10.1. The van der Waals surface area contributed by atoms with Crippen LogP contribution in [0.5, 0.6) is 0 Å². The summed E-state index contributed by atoms with van der Waals surface area (Å²) < 4.78 is 2.07. The van der Waals surface area contributed by atoms with Crippen LogP contribution in [-0.4, -0.2) is 14.5 Å². The second-order valence-corrected chi connectivity index (χ2v) is 4.91. The third-order valence-electron chi connectivity index (χ3n) is 2.62. The molecular formula is C11H16N4S. The summed E-state index contributed by atoms with van der Waals surface area (Å²) in [6.45, 7) is 4.98. The summed E-state index contributed by atoms with van der Waals surface area (Å²) in [7, 11) is 0. The minimum atomic E-state index is 0.0288. The van der Waals surface area contributed by atoms with Gasteiger partial charge in [-0.05, 0) is 5.92 Å². The third kappa shape index (κ3) is 2.31. The van der Waals surface area contributed by atoms with Gasteiger partial charge in [-0.25, -0.2) is 9.97 Å². The van der Waals surface area contributed by atoms with Crippen molar-refractivity contribution in [2.45, 2.75) is 26.4 Å². The van der Waals surface area contributed by atoms with Gasteiger partial charge in [0.15, 0.2) is 0 Å². The van der Waals surface area contributed by atoms with Crippen LogP contribution in [0.3, 0.4) is 0 Å². The normalized spacial score (nSPS) is 13.2. The van der Waals surface area contributed by atoms with E-state index in [9.17, 15) is 0 Å². The molecule has 0 aliphatic carbocycles. The SMILES string of the molecule is CC(C)C(N)c1cncn1Cc1cscn1. The molecule has 1 atom stereocenters. The predicted molar refractivity (Wildman–Crippen MR) is 65.2 cm³/mol. The van der Waals surface area contributed by atoms with Gasteiger partial charge in [-0.15, -0.1) is 11.3 Å². The second-order valence-electron chi connectivity index (χ2n) is 4.20. The van der Waals surface area contributed by atoms with Gasteiger partial charge in [0.1, 0.15) is 0 Å². The fourth-order valence-corrected chi connectivity index (χ4v) is 2.12. The minimum absolute atomic E-state index is 0.0288. The van der Waals surface area contributed by atoms with Crippen LogP contribution in [0.2, 0.25) is 0 Å². The molecule has 2 aromatic rings. The molecular weight excluding hydrogens is 220 g/mol. The molecule has 0 saturated heterocycles. The number of imidazole rings is 1. The fourth-order valence-electron chi connectivity index (χ4n) is 1.57. The Bertz CT molecular complexity index is 433. The van der Waals surface area contributed by atoms with Crippen LogP contribution in [0.25, 0.3) is 0 Å². The summed E-state index contributed by atoms with van der Waals surface area (Å²) in [6, 6.07) is 0.0288. The molecule has 0 aliphatic rings. The molecule has 2 aromatic heterocycles. The van der Waals surface area contributed by atoms with Crippen molar-refractivity contribution in [3.8, 4) is 0 Å². The smallest absolute Gasteiger partial charge is 0.0952 e. The van der Waals surface area contributed by atoms with Crippen LogP contribution in [-0.2, 0) is 6.54 Å². The molecule has 0 aromatic carbocycles. The van der Waals surface area contributed by atoms with E-state index in [1.165, 1.54) is 0 Å². The minimum Gasteiger partial charge on any atom is -0.327 e. The van der Waals surface area contributed by atoms with Crippen LogP contribution in [0.15, 0.2) is 23.4 Å². The van der Waals surface area contributed by atoms with Crippen molar-refractivity contribution in [3.05, 3.63) is 34.8 Å². The van der Waals surface area contributed by atoms with E-state index < -0.39 is 0 Å². The second kappa shape index (κ2) is 4.76. The van der Waals surface area contributed by atoms with E-state index in [4.69, 9.17) is 5.73 Å². The third-order valence-corrected chi connectivity index (χ3v) is 3.26. The largest absolute Gasteiger partial charge is 0.327 e. The van der Waals surface area contributed by atoms with Gasteiger partial charge in [-0.1, -0.05) is 13.8 Å². The highest BCUT2D eigenvalue weighted by atomic mass is 32.1. The molecule has 0 fully saturated rings. The molecule has 2 heterocycles. The number of hydrogen-bond acceptors (Lipinski definition) is 4. The molecule has 16 heavy (non-hydrogen) atoms. The molecule has 86 valence electrons. The van der Waals surface area contributed by atoms with Crippen LogP contribution < -0.4 is 5.73 Å². The molecule has 0 bridgehead atoms. The molecule has 0 aliphatic heterocycles. The van der Waals surface area contributed by atoms with Crippen molar-refractivity contribution in [3.63, 3.8) is 0 Å². The molecule has 2 rings (SSSR count). The van der Waals surface area contributed by atoms with Gasteiger partial charge in [0.05, 0.1) is 29.8 Å². The summed E-state index contributed by atoms with van der Waals surface area (Å²) in [4.78, 5) is 8.43. The van der Waals surface area contributed by atoms with Crippen LogP contribution in [0.1, 0.15) is 31.3 Å². The molecule has 4 nitrogen and oxygen atoms in total. The maximum atomic E-state index is 6.13. The van der Waals surface area contributed by atoms with Crippen molar-refractivity contribution in [1.29, 1.82) is 0 Å². The van der Waals surface area contributed by atoms with E-state index in [0.29, 0.717) is 5.92 Å². The number of nitrogens with zero attached hydrogens (tertiary/aromatic N) is 3. The predicted octanol–water partition coefficient (Wildman–Crippen LogP) is 2.04. The zero-order valence-electron chi connectivity index (χ0n) is 9.50. The average molecular weight is 236 g/mol. The lowest BCUT2D eigenvalue weighted by Crippen LogP contribution is -2.20. The van der Waals surface area contributed by atoms with Crippen LogP contribution >= 0.6 is 11.3 Å². The first kappa shape index (κ1) is 11.3. The molecule has 0 spiro atoms. The van der Waals surface area contributed by atoms with E-state index in [1.807, 2.05) is 23.4 Å². The molecule has 1 unspecified atom stereocenters.